The van der Waals surface area contributed by atoms with Crippen LogP contribution in [0.1, 0.15) is 17.2 Å². The summed E-state index contributed by atoms with van der Waals surface area (Å²) in [5.41, 5.74) is 3.54. The number of hydrogen-bond donors (Lipinski definition) is 1. The Kier molecular flexibility index (Phi) is 2.81. The summed E-state index contributed by atoms with van der Waals surface area (Å²) in [6.07, 6.45) is 0.0467. The molecule has 104 valence electrons. The van der Waals surface area contributed by atoms with E-state index in [2.05, 4.69) is 72.9 Å². The molecule has 0 aliphatic carbocycles. The smallest absolute Gasteiger partial charge is 0.143 e. The van der Waals surface area contributed by atoms with Crippen molar-refractivity contribution in [2.24, 2.45) is 0 Å². The van der Waals surface area contributed by atoms with Crippen LogP contribution in [0.4, 0.5) is 5.69 Å². The molecule has 1 atom stereocenters. The number of aryl methyl sites for hydroxylation is 1. The van der Waals surface area contributed by atoms with E-state index >= 15 is 0 Å². The van der Waals surface area contributed by atoms with Gasteiger partial charge in [-0.05, 0) is 35.4 Å². The van der Waals surface area contributed by atoms with Crippen LogP contribution in [0.3, 0.4) is 0 Å². The fraction of sp³-hybridized carbons (Fsp3) is 0.158. The van der Waals surface area contributed by atoms with Gasteiger partial charge in [0.15, 0.2) is 0 Å². The van der Waals surface area contributed by atoms with Gasteiger partial charge in [-0.1, -0.05) is 48.5 Å². The van der Waals surface area contributed by atoms with E-state index in [1.54, 1.807) is 0 Å². The topological polar surface area (TPSA) is 21.3 Å². The molecule has 0 aromatic heterocycles. The van der Waals surface area contributed by atoms with Gasteiger partial charge in [-0.15, -0.1) is 0 Å². The van der Waals surface area contributed by atoms with Crippen molar-refractivity contribution in [2.75, 3.05) is 11.9 Å². The minimum atomic E-state index is 0.0467. The fourth-order valence-corrected chi connectivity index (χ4v) is 2.98. The summed E-state index contributed by atoms with van der Waals surface area (Å²) in [5, 5.41) is 6.00. The second-order valence-electron chi connectivity index (χ2n) is 5.56. The first-order valence-corrected chi connectivity index (χ1v) is 7.30. The Labute approximate surface area is 124 Å². The number of anilines is 1. The van der Waals surface area contributed by atoms with Crippen molar-refractivity contribution < 1.29 is 4.74 Å². The van der Waals surface area contributed by atoms with Crippen molar-refractivity contribution in [1.29, 1.82) is 0 Å². The lowest BCUT2D eigenvalue weighted by atomic mass is 9.99. The summed E-state index contributed by atoms with van der Waals surface area (Å²) in [4.78, 5) is 0. The van der Waals surface area contributed by atoms with Gasteiger partial charge in [0.2, 0.25) is 0 Å². The number of ether oxygens (including phenoxy) is 1. The highest BCUT2D eigenvalue weighted by molar-refractivity contribution is 5.86. The highest BCUT2D eigenvalue weighted by atomic mass is 16.5. The molecule has 0 bridgehead atoms. The monoisotopic (exact) mass is 275 g/mol. The van der Waals surface area contributed by atoms with E-state index in [4.69, 9.17) is 4.74 Å². The molecule has 2 nitrogen and oxygen atoms in total. The third-order valence-corrected chi connectivity index (χ3v) is 4.05. The maximum absolute atomic E-state index is 6.24. The van der Waals surface area contributed by atoms with Crippen molar-refractivity contribution in [3.8, 4) is 5.75 Å². The quantitative estimate of drug-likeness (QED) is 0.695. The molecule has 0 amide bonds. The summed E-state index contributed by atoms with van der Waals surface area (Å²) in [7, 11) is 0. The summed E-state index contributed by atoms with van der Waals surface area (Å²) in [6, 6.07) is 21.2. The molecule has 1 heterocycles. The zero-order valence-electron chi connectivity index (χ0n) is 12.0. The largest absolute Gasteiger partial charge is 0.482 e. The van der Waals surface area contributed by atoms with Crippen LogP contribution in [0.2, 0.25) is 0 Å². The van der Waals surface area contributed by atoms with E-state index in [9.17, 15) is 0 Å². The SMILES string of the molecule is Cc1ccc2c(c1)OC(c1cccc3ccccc13)CN2. The number of fused-ring (bicyclic) bond motifs is 2. The van der Waals surface area contributed by atoms with E-state index in [1.165, 1.54) is 21.9 Å². The minimum absolute atomic E-state index is 0.0467. The molecule has 0 saturated carbocycles. The van der Waals surface area contributed by atoms with Crippen molar-refractivity contribution >= 4 is 16.5 Å². The third-order valence-electron chi connectivity index (χ3n) is 4.05. The van der Waals surface area contributed by atoms with Crippen LogP contribution >= 0.6 is 0 Å². The standard InChI is InChI=1S/C19H17NO/c1-13-9-10-17-18(11-13)21-19(12-20-17)16-8-4-6-14-5-2-3-7-15(14)16/h2-11,19-20H,12H2,1H3. The van der Waals surface area contributed by atoms with Crippen molar-refractivity contribution in [3.05, 3.63) is 71.8 Å². The Morgan fingerprint density at radius 1 is 1.00 bits per heavy atom. The zero-order chi connectivity index (χ0) is 14.2. The van der Waals surface area contributed by atoms with Gasteiger partial charge in [-0.25, -0.2) is 0 Å². The lowest BCUT2D eigenvalue weighted by Gasteiger charge is -2.28. The molecule has 1 aliphatic heterocycles. The molecule has 0 saturated heterocycles. The normalized spacial score (nSPS) is 16.9. The Bertz CT molecular complexity index is 804. The summed E-state index contributed by atoms with van der Waals surface area (Å²) in [6.45, 7) is 2.88. The fourth-order valence-electron chi connectivity index (χ4n) is 2.98. The molecule has 1 unspecified atom stereocenters. The second kappa shape index (κ2) is 4.81. The number of hydrogen-bond acceptors (Lipinski definition) is 2. The zero-order valence-corrected chi connectivity index (χ0v) is 12.0. The van der Waals surface area contributed by atoms with Crippen LogP contribution in [0.25, 0.3) is 10.8 Å². The number of rotatable bonds is 1. The highest BCUT2D eigenvalue weighted by Crippen LogP contribution is 2.36. The highest BCUT2D eigenvalue weighted by Gasteiger charge is 2.22. The van der Waals surface area contributed by atoms with Gasteiger partial charge in [0.05, 0.1) is 12.2 Å². The first-order valence-electron chi connectivity index (χ1n) is 7.30. The number of benzene rings is 3. The first kappa shape index (κ1) is 12.3. The van der Waals surface area contributed by atoms with Crippen LogP contribution in [-0.2, 0) is 0 Å². The molecule has 4 rings (SSSR count). The lowest BCUT2D eigenvalue weighted by molar-refractivity contribution is 0.212. The van der Waals surface area contributed by atoms with Crippen LogP contribution in [0.15, 0.2) is 60.7 Å². The van der Waals surface area contributed by atoms with Gasteiger partial charge >= 0.3 is 0 Å². The molecule has 0 fully saturated rings. The first-order chi connectivity index (χ1) is 10.3. The second-order valence-corrected chi connectivity index (χ2v) is 5.56. The predicted molar refractivity (Wildman–Crippen MR) is 87.0 cm³/mol. The average Bonchev–Trinajstić information content (AvgIpc) is 2.53. The van der Waals surface area contributed by atoms with E-state index < -0.39 is 0 Å². The molecule has 21 heavy (non-hydrogen) atoms. The van der Waals surface area contributed by atoms with Crippen LogP contribution < -0.4 is 10.1 Å². The Balaban J connectivity index is 1.77. The molecule has 0 spiro atoms. The average molecular weight is 275 g/mol. The van der Waals surface area contributed by atoms with Crippen molar-refractivity contribution in [1.82, 2.24) is 0 Å². The Morgan fingerprint density at radius 3 is 2.81 bits per heavy atom. The predicted octanol–water partition coefficient (Wildman–Crippen LogP) is 4.69. The summed E-state index contributed by atoms with van der Waals surface area (Å²) >= 11 is 0. The van der Waals surface area contributed by atoms with Crippen molar-refractivity contribution in [2.45, 2.75) is 13.0 Å². The van der Waals surface area contributed by atoms with Gasteiger partial charge in [-0.2, -0.15) is 0 Å². The Morgan fingerprint density at radius 2 is 1.86 bits per heavy atom. The van der Waals surface area contributed by atoms with Gasteiger partial charge in [-0.3, -0.25) is 0 Å². The van der Waals surface area contributed by atoms with Gasteiger partial charge < -0.3 is 10.1 Å². The molecule has 1 N–H and O–H groups in total. The third kappa shape index (κ3) is 2.13. The van der Waals surface area contributed by atoms with Crippen LogP contribution in [0.5, 0.6) is 5.75 Å². The van der Waals surface area contributed by atoms with Crippen molar-refractivity contribution in [3.63, 3.8) is 0 Å². The molecule has 1 aliphatic rings. The van der Waals surface area contributed by atoms with Crippen LogP contribution in [0, 0.1) is 6.92 Å². The van der Waals surface area contributed by atoms with Gasteiger partial charge in [0.25, 0.3) is 0 Å². The summed E-state index contributed by atoms with van der Waals surface area (Å²) in [5.74, 6) is 0.944. The summed E-state index contributed by atoms with van der Waals surface area (Å²) < 4.78 is 6.24. The molecule has 3 aromatic carbocycles. The number of nitrogens with one attached hydrogen (secondary N) is 1. The van der Waals surface area contributed by atoms with E-state index in [0.29, 0.717) is 0 Å². The molecular weight excluding hydrogens is 258 g/mol. The molecule has 0 radical (unpaired) electrons. The molecule has 2 heteroatoms. The minimum Gasteiger partial charge on any atom is -0.482 e. The van der Waals surface area contributed by atoms with E-state index in [1.807, 2.05) is 0 Å². The molecule has 3 aromatic rings. The maximum Gasteiger partial charge on any atom is 0.143 e. The van der Waals surface area contributed by atoms with Crippen LogP contribution in [-0.4, -0.2) is 6.54 Å². The van der Waals surface area contributed by atoms with Gasteiger partial charge in [0, 0.05) is 5.56 Å². The van der Waals surface area contributed by atoms with E-state index in [-0.39, 0.29) is 6.10 Å². The lowest BCUT2D eigenvalue weighted by Crippen LogP contribution is -2.23. The molecular formula is C19H17NO. The van der Waals surface area contributed by atoms with Gasteiger partial charge in [0.1, 0.15) is 11.9 Å². The van der Waals surface area contributed by atoms with E-state index in [0.717, 1.165) is 18.0 Å². The Hall–Kier alpha value is -2.48. The maximum atomic E-state index is 6.24.